The standard InChI is InChI=1S/C9H14O6/c1-9(8(14)15,5-7(12)13)4-2-3-6(10)11/h2-5H2,1H3,(H,10,11)(H,12,13)(H,14,15). The van der Waals surface area contributed by atoms with Crippen molar-refractivity contribution in [3.8, 4) is 0 Å². The summed E-state index contributed by atoms with van der Waals surface area (Å²) in [5.41, 5.74) is -1.39. The highest BCUT2D eigenvalue weighted by Gasteiger charge is 2.35. The Labute approximate surface area is 86.5 Å². The smallest absolute Gasteiger partial charge is 0.309 e. The van der Waals surface area contributed by atoms with Gasteiger partial charge in [0.15, 0.2) is 0 Å². The van der Waals surface area contributed by atoms with Crippen molar-refractivity contribution in [1.29, 1.82) is 0 Å². The molecule has 0 rings (SSSR count). The van der Waals surface area contributed by atoms with Gasteiger partial charge in [-0.05, 0) is 19.8 Å². The summed E-state index contributed by atoms with van der Waals surface area (Å²) in [7, 11) is 0. The van der Waals surface area contributed by atoms with Crippen molar-refractivity contribution in [3.05, 3.63) is 0 Å². The average Bonchev–Trinajstić information content (AvgIpc) is 2.01. The topological polar surface area (TPSA) is 112 Å². The van der Waals surface area contributed by atoms with Crippen molar-refractivity contribution < 1.29 is 29.7 Å². The fourth-order valence-electron chi connectivity index (χ4n) is 1.23. The normalized spacial score (nSPS) is 14.2. The first-order valence-corrected chi connectivity index (χ1v) is 4.45. The van der Waals surface area contributed by atoms with E-state index in [9.17, 15) is 14.4 Å². The molecular formula is C9H14O6. The summed E-state index contributed by atoms with van der Waals surface area (Å²) < 4.78 is 0. The van der Waals surface area contributed by atoms with Crippen LogP contribution in [0.25, 0.3) is 0 Å². The maximum atomic E-state index is 10.8. The largest absolute Gasteiger partial charge is 0.481 e. The van der Waals surface area contributed by atoms with Gasteiger partial charge in [-0.2, -0.15) is 0 Å². The molecule has 6 heteroatoms. The second kappa shape index (κ2) is 5.33. The van der Waals surface area contributed by atoms with Crippen molar-refractivity contribution >= 4 is 17.9 Å². The highest BCUT2D eigenvalue weighted by Crippen LogP contribution is 2.28. The number of hydrogen-bond acceptors (Lipinski definition) is 3. The van der Waals surface area contributed by atoms with Gasteiger partial charge in [-0.3, -0.25) is 14.4 Å². The van der Waals surface area contributed by atoms with Gasteiger partial charge in [0.2, 0.25) is 0 Å². The zero-order valence-electron chi connectivity index (χ0n) is 8.39. The first-order chi connectivity index (χ1) is 6.78. The number of carboxylic acid groups (broad SMARTS) is 3. The van der Waals surface area contributed by atoms with Crippen LogP contribution in [0, 0.1) is 5.41 Å². The molecule has 3 N–H and O–H groups in total. The summed E-state index contributed by atoms with van der Waals surface area (Å²) in [6, 6.07) is 0. The molecule has 0 bridgehead atoms. The summed E-state index contributed by atoms with van der Waals surface area (Å²) in [6.45, 7) is 1.31. The van der Waals surface area contributed by atoms with Gasteiger partial charge in [0.25, 0.3) is 0 Å². The molecule has 1 atom stereocenters. The minimum atomic E-state index is -1.39. The fourth-order valence-corrected chi connectivity index (χ4v) is 1.23. The van der Waals surface area contributed by atoms with Crippen LogP contribution in [0.1, 0.15) is 32.6 Å². The van der Waals surface area contributed by atoms with E-state index in [1.54, 1.807) is 0 Å². The Morgan fingerprint density at radius 1 is 1.07 bits per heavy atom. The van der Waals surface area contributed by atoms with Crippen LogP contribution in [0.4, 0.5) is 0 Å². The molecule has 0 aliphatic heterocycles. The third-order valence-corrected chi connectivity index (χ3v) is 2.18. The molecular weight excluding hydrogens is 204 g/mol. The van der Waals surface area contributed by atoms with E-state index < -0.39 is 29.7 Å². The van der Waals surface area contributed by atoms with Gasteiger partial charge in [0, 0.05) is 6.42 Å². The summed E-state index contributed by atoms with van der Waals surface area (Å²) in [5.74, 6) is -3.43. The number of carbonyl (C=O) groups is 3. The maximum Gasteiger partial charge on any atom is 0.309 e. The maximum absolute atomic E-state index is 10.8. The van der Waals surface area contributed by atoms with Gasteiger partial charge in [-0.15, -0.1) is 0 Å². The van der Waals surface area contributed by atoms with E-state index in [-0.39, 0.29) is 19.3 Å². The summed E-state index contributed by atoms with van der Waals surface area (Å²) in [4.78, 5) is 31.5. The monoisotopic (exact) mass is 218 g/mol. The molecule has 0 saturated carbocycles. The first kappa shape index (κ1) is 13.4. The van der Waals surface area contributed by atoms with E-state index in [1.165, 1.54) is 6.92 Å². The van der Waals surface area contributed by atoms with Gasteiger partial charge >= 0.3 is 17.9 Å². The van der Waals surface area contributed by atoms with Crippen LogP contribution in [0.15, 0.2) is 0 Å². The Hall–Kier alpha value is -1.59. The van der Waals surface area contributed by atoms with E-state index in [2.05, 4.69) is 0 Å². The van der Waals surface area contributed by atoms with Crippen LogP contribution in [0.5, 0.6) is 0 Å². The Morgan fingerprint density at radius 2 is 1.60 bits per heavy atom. The van der Waals surface area contributed by atoms with E-state index in [1.807, 2.05) is 0 Å². The molecule has 0 aliphatic carbocycles. The zero-order chi connectivity index (χ0) is 12.1. The third kappa shape index (κ3) is 4.99. The number of hydrogen-bond donors (Lipinski definition) is 3. The Morgan fingerprint density at radius 3 is 1.93 bits per heavy atom. The highest BCUT2D eigenvalue weighted by molar-refractivity contribution is 5.81. The lowest BCUT2D eigenvalue weighted by molar-refractivity contribution is -0.155. The molecule has 0 aliphatic rings. The molecule has 86 valence electrons. The lowest BCUT2D eigenvalue weighted by Crippen LogP contribution is -2.30. The minimum absolute atomic E-state index is 0.0426. The van der Waals surface area contributed by atoms with E-state index in [0.29, 0.717) is 0 Å². The van der Waals surface area contributed by atoms with Crippen molar-refractivity contribution in [2.24, 2.45) is 5.41 Å². The molecule has 15 heavy (non-hydrogen) atoms. The van der Waals surface area contributed by atoms with Crippen LogP contribution in [0.2, 0.25) is 0 Å². The molecule has 1 unspecified atom stereocenters. The van der Waals surface area contributed by atoms with Crippen molar-refractivity contribution in [3.63, 3.8) is 0 Å². The lowest BCUT2D eigenvalue weighted by Gasteiger charge is -2.21. The molecule has 6 nitrogen and oxygen atoms in total. The molecule has 0 radical (unpaired) electrons. The van der Waals surface area contributed by atoms with Gasteiger partial charge in [0.05, 0.1) is 11.8 Å². The number of aliphatic carboxylic acids is 3. The quantitative estimate of drug-likeness (QED) is 0.582. The number of carboxylic acids is 3. The third-order valence-electron chi connectivity index (χ3n) is 2.18. The predicted molar refractivity (Wildman–Crippen MR) is 49.5 cm³/mol. The lowest BCUT2D eigenvalue weighted by atomic mass is 9.82. The summed E-state index contributed by atoms with van der Waals surface area (Å²) in [6.07, 6.45) is -0.448. The predicted octanol–water partition coefficient (Wildman–Crippen LogP) is 0.807. The van der Waals surface area contributed by atoms with Crippen LogP contribution in [0.3, 0.4) is 0 Å². The molecule has 0 spiro atoms. The van der Waals surface area contributed by atoms with Crippen LogP contribution in [-0.4, -0.2) is 33.2 Å². The molecule has 0 aromatic carbocycles. The minimum Gasteiger partial charge on any atom is -0.481 e. The Kier molecular flexibility index (Phi) is 4.77. The molecule has 0 aromatic rings. The molecule has 0 saturated heterocycles. The molecule has 0 aromatic heterocycles. The van der Waals surface area contributed by atoms with E-state index in [0.717, 1.165) is 0 Å². The Balaban J connectivity index is 4.32. The van der Waals surface area contributed by atoms with Crippen molar-refractivity contribution in [2.45, 2.75) is 32.6 Å². The van der Waals surface area contributed by atoms with Crippen LogP contribution in [-0.2, 0) is 14.4 Å². The van der Waals surface area contributed by atoms with Gasteiger partial charge in [-0.1, -0.05) is 0 Å². The van der Waals surface area contributed by atoms with Crippen LogP contribution < -0.4 is 0 Å². The highest BCUT2D eigenvalue weighted by atomic mass is 16.4. The van der Waals surface area contributed by atoms with Gasteiger partial charge in [0.1, 0.15) is 0 Å². The summed E-state index contributed by atoms with van der Waals surface area (Å²) in [5, 5.41) is 25.7. The fraction of sp³-hybridized carbons (Fsp3) is 0.667. The average molecular weight is 218 g/mol. The summed E-state index contributed by atoms with van der Waals surface area (Å²) >= 11 is 0. The zero-order valence-corrected chi connectivity index (χ0v) is 8.39. The second-order valence-corrected chi connectivity index (χ2v) is 3.68. The van der Waals surface area contributed by atoms with Crippen molar-refractivity contribution in [1.82, 2.24) is 0 Å². The van der Waals surface area contributed by atoms with Gasteiger partial charge in [-0.25, -0.2) is 0 Å². The van der Waals surface area contributed by atoms with E-state index >= 15 is 0 Å². The Bertz CT molecular complexity index is 272. The molecule has 0 fully saturated rings. The van der Waals surface area contributed by atoms with Gasteiger partial charge < -0.3 is 15.3 Å². The first-order valence-electron chi connectivity index (χ1n) is 4.45. The van der Waals surface area contributed by atoms with Crippen molar-refractivity contribution in [2.75, 3.05) is 0 Å². The molecule has 0 amide bonds. The second-order valence-electron chi connectivity index (χ2n) is 3.68. The molecule has 0 heterocycles. The van der Waals surface area contributed by atoms with Crippen LogP contribution >= 0.6 is 0 Å². The number of rotatable bonds is 7. The SMILES string of the molecule is CC(CCCC(=O)O)(CC(=O)O)C(=O)O. The van der Waals surface area contributed by atoms with E-state index in [4.69, 9.17) is 15.3 Å².